The number of anilines is 1. The number of hydrogen-bond acceptors (Lipinski definition) is 6. The van der Waals surface area contributed by atoms with Crippen LogP contribution >= 0.6 is 22.9 Å². The Balaban J connectivity index is 2.36. The molecule has 2 aromatic heterocycles. The first-order valence-electron chi connectivity index (χ1n) is 4.58. The highest BCUT2D eigenvalue weighted by molar-refractivity contribution is 7.94. The molecule has 0 fully saturated rings. The third-order valence-corrected chi connectivity index (χ3v) is 5.04. The van der Waals surface area contributed by atoms with E-state index in [-0.39, 0.29) is 20.9 Å². The minimum Gasteiger partial charge on any atom is -0.315 e. The first-order chi connectivity index (χ1) is 8.38. The number of nitrogens with zero attached hydrogens (tertiary/aromatic N) is 2. The van der Waals surface area contributed by atoms with Gasteiger partial charge in [-0.15, -0.1) is 0 Å². The lowest BCUT2D eigenvalue weighted by atomic mass is 10.6. The van der Waals surface area contributed by atoms with Gasteiger partial charge in [-0.3, -0.25) is 9.52 Å². The van der Waals surface area contributed by atoms with Crippen molar-refractivity contribution < 1.29 is 8.42 Å². The molecule has 0 aliphatic heterocycles. The molecule has 18 heavy (non-hydrogen) atoms. The number of H-pyrrole nitrogens is 1. The summed E-state index contributed by atoms with van der Waals surface area (Å²) in [5.41, 5.74) is 0.277. The van der Waals surface area contributed by atoms with Crippen LogP contribution < -0.4 is 9.60 Å². The Morgan fingerprint density at radius 3 is 2.61 bits per heavy atom. The highest BCUT2D eigenvalue weighted by Gasteiger charge is 2.21. The Hall–Kier alpha value is -1.45. The van der Waals surface area contributed by atoms with Gasteiger partial charge in [0.2, 0.25) is 0 Å². The molecule has 0 aromatic carbocycles. The summed E-state index contributed by atoms with van der Waals surface area (Å²) < 4.78 is 26.0. The quantitative estimate of drug-likeness (QED) is 0.879. The van der Waals surface area contributed by atoms with Gasteiger partial charge < -0.3 is 4.98 Å². The van der Waals surface area contributed by atoms with E-state index in [4.69, 9.17) is 11.6 Å². The van der Waals surface area contributed by atoms with Crippen molar-refractivity contribution in [3.63, 3.8) is 0 Å². The van der Waals surface area contributed by atoms with Crippen molar-refractivity contribution in [3.05, 3.63) is 32.9 Å². The van der Waals surface area contributed by atoms with Gasteiger partial charge in [-0.1, -0.05) is 22.9 Å². The van der Waals surface area contributed by atoms with E-state index < -0.39 is 14.9 Å². The monoisotopic (exact) mass is 306 g/mol. The minimum atomic E-state index is -3.84. The van der Waals surface area contributed by atoms with Crippen LogP contribution in [0.25, 0.3) is 0 Å². The number of aryl methyl sites for hydroxylation is 1. The summed E-state index contributed by atoms with van der Waals surface area (Å²) in [7, 11) is -3.84. The van der Waals surface area contributed by atoms with E-state index in [0.717, 1.165) is 0 Å². The average Bonchev–Trinajstić information content (AvgIpc) is 2.62. The Morgan fingerprint density at radius 1 is 1.39 bits per heavy atom. The van der Waals surface area contributed by atoms with Crippen molar-refractivity contribution in [2.24, 2.45) is 0 Å². The molecule has 0 bridgehead atoms. The van der Waals surface area contributed by atoms with E-state index in [9.17, 15) is 13.2 Å². The van der Waals surface area contributed by atoms with Crippen molar-refractivity contribution in [3.8, 4) is 0 Å². The number of thiazole rings is 1. The van der Waals surface area contributed by atoms with E-state index in [0.29, 0.717) is 11.3 Å². The maximum absolute atomic E-state index is 12.0. The smallest absolute Gasteiger partial charge is 0.306 e. The second-order valence-electron chi connectivity index (χ2n) is 3.26. The predicted molar refractivity (Wildman–Crippen MR) is 67.5 cm³/mol. The van der Waals surface area contributed by atoms with Gasteiger partial charge in [0.25, 0.3) is 10.0 Å². The van der Waals surface area contributed by atoms with E-state index in [1.807, 2.05) is 0 Å². The molecular formula is C8H7ClN4O3S2. The summed E-state index contributed by atoms with van der Waals surface area (Å²) in [6.07, 6.45) is 2.40. The lowest BCUT2D eigenvalue weighted by Gasteiger charge is -2.04. The fraction of sp³-hybridized carbons (Fsp3) is 0.125. The zero-order valence-corrected chi connectivity index (χ0v) is 11.4. The zero-order valence-electron chi connectivity index (χ0n) is 8.97. The van der Waals surface area contributed by atoms with E-state index in [2.05, 4.69) is 19.7 Å². The van der Waals surface area contributed by atoms with Gasteiger partial charge in [-0.05, 0) is 6.92 Å². The zero-order chi connectivity index (χ0) is 13.3. The van der Waals surface area contributed by atoms with Crippen LogP contribution in [0, 0.1) is 6.92 Å². The number of nitrogens with one attached hydrogen (secondary N) is 2. The summed E-state index contributed by atoms with van der Waals surface area (Å²) in [5, 5.41) is 0.153. The summed E-state index contributed by atoms with van der Waals surface area (Å²) >= 11 is 6.14. The van der Waals surface area contributed by atoms with Crippen molar-refractivity contribution in [2.45, 2.75) is 11.1 Å². The summed E-state index contributed by atoms with van der Waals surface area (Å²) in [4.78, 5) is 20.5. The molecule has 0 aliphatic carbocycles. The van der Waals surface area contributed by atoms with Crippen LogP contribution in [-0.2, 0) is 10.0 Å². The second kappa shape index (κ2) is 4.67. The fourth-order valence-corrected chi connectivity index (χ4v) is 3.59. The van der Waals surface area contributed by atoms with E-state index in [1.54, 1.807) is 0 Å². The maximum atomic E-state index is 12.0. The van der Waals surface area contributed by atoms with Crippen molar-refractivity contribution >= 4 is 38.8 Å². The molecule has 0 saturated carbocycles. The van der Waals surface area contributed by atoms with Gasteiger partial charge in [0.15, 0.2) is 10.0 Å². The maximum Gasteiger partial charge on any atom is 0.306 e. The second-order valence-corrected chi connectivity index (χ2v) is 6.50. The van der Waals surface area contributed by atoms with Gasteiger partial charge in [0, 0.05) is 5.69 Å². The number of hydrogen-bond donors (Lipinski definition) is 2. The molecule has 96 valence electrons. The highest BCUT2D eigenvalue weighted by atomic mass is 35.5. The lowest BCUT2D eigenvalue weighted by molar-refractivity contribution is 0.602. The van der Waals surface area contributed by atoms with Gasteiger partial charge in [0.05, 0.1) is 12.4 Å². The fourth-order valence-electron chi connectivity index (χ4n) is 1.20. The Morgan fingerprint density at radius 2 is 2.11 bits per heavy atom. The van der Waals surface area contributed by atoms with Crippen molar-refractivity contribution in [2.75, 3.05) is 4.72 Å². The Bertz CT molecular complexity index is 720. The SMILES string of the molecule is Cc1[nH]c(=O)sc1S(=O)(=O)Nc1cnc(Cl)cn1. The van der Waals surface area contributed by atoms with E-state index >= 15 is 0 Å². The van der Waals surface area contributed by atoms with Gasteiger partial charge in [-0.2, -0.15) is 0 Å². The summed E-state index contributed by atoms with van der Waals surface area (Å²) in [6.45, 7) is 1.50. The molecule has 7 nitrogen and oxygen atoms in total. The Kier molecular flexibility index (Phi) is 3.37. The molecule has 0 amide bonds. The van der Waals surface area contributed by atoms with Crippen LogP contribution in [0.2, 0.25) is 5.15 Å². The van der Waals surface area contributed by atoms with Crippen LogP contribution in [0.15, 0.2) is 21.4 Å². The van der Waals surface area contributed by atoms with Crippen molar-refractivity contribution in [1.82, 2.24) is 15.0 Å². The number of aromatic amines is 1. The molecule has 2 rings (SSSR count). The standard InChI is InChI=1S/C8H7ClN4O3S2/c1-4-7(17-8(14)12-4)18(15,16)13-6-3-10-5(9)2-11-6/h2-3H,1H3,(H,11,13)(H,12,14). The summed E-state index contributed by atoms with van der Waals surface area (Å²) in [5.74, 6) is 0.0275. The van der Waals surface area contributed by atoms with Crippen LogP contribution in [0.3, 0.4) is 0 Å². The number of aromatic nitrogens is 3. The molecule has 0 radical (unpaired) electrons. The molecule has 0 unspecified atom stereocenters. The normalized spacial score (nSPS) is 11.4. The van der Waals surface area contributed by atoms with Crippen LogP contribution in [0.1, 0.15) is 5.69 Å². The van der Waals surface area contributed by atoms with Crippen LogP contribution in [0.5, 0.6) is 0 Å². The molecular weight excluding hydrogens is 300 g/mol. The molecule has 10 heteroatoms. The highest BCUT2D eigenvalue weighted by Crippen LogP contribution is 2.19. The number of sulfonamides is 1. The topological polar surface area (TPSA) is 105 Å². The van der Waals surface area contributed by atoms with Gasteiger partial charge in [0.1, 0.15) is 5.15 Å². The molecule has 0 aliphatic rings. The lowest BCUT2D eigenvalue weighted by Crippen LogP contribution is -2.13. The van der Waals surface area contributed by atoms with Crippen molar-refractivity contribution in [1.29, 1.82) is 0 Å². The summed E-state index contributed by atoms with van der Waals surface area (Å²) in [6, 6.07) is 0. The van der Waals surface area contributed by atoms with Crippen LogP contribution in [-0.4, -0.2) is 23.4 Å². The largest absolute Gasteiger partial charge is 0.315 e. The average molecular weight is 307 g/mol. The first kappa shape index (κ1) is 13.0. The van der Waals surface area contributed by atoms with Gasteiger partial charge >= 0.3 is 4.87 Å². The molecule has 0 atom stereocenters. The molecule has 0 spiro atoms. The van der Waals surface area contributed by atoms with Gasteiger partial charge in [-0.25, -0.2) is 18.4 Å². The Labute approximate surface area is 111 Å². The number of halogens is 1. The molecule has 2 heterocycles. The molecule has 2 aromatic rings. The van der Waals surface area contributed by atoms with E-state index in [1.165, 1.54) is 19.3 Å². The predicted octanol–water partition coefficient (Wildman–Crippen LogP) is 0.989. The minimum absolute atomic E-state index is 0.0275. The molecule has 2 N–H and O–H groups in total. The first-order valence-corrected chi connectivity index (χ1v) is 7.26. The third-order valence-electron chi connectivity index (χ3n) is 1.88. The van der Waals surface area contributed by atoms with Crippen LogP contribution in [0.4, 0.5) is 5.82 Å². The third kappa shape index (κ3) is 2.68. The molecule has 0 saturated heterocycles. The number of rotatable bonds is 3.